The first-order valence-corrected chi connectivity index (χ1v) is 6.28. The Bertz CT molecular complexity index is 230. The van der Waals surface area contributed by atoms with Crippen LogP contribution in [0.25, 0.3) is 0 Å². The van der Waals surface area contributed by atoms with E-state index >= 15 is 0 Å². The molecule has 100 valence electrons. The highest BCUT2D eigenvalue weighted by molar-refractivity contribution is 5.77. The Kier molecular flexibility index (Phi) is 9.19. The van der Waals surface area contributed by atoms with E-state index in [-0.39, 0.29) is 11.8 Å². The van der Waals surface area contributed by atoms with Gasteiger partial charge in [-0.25, -0.2) is 4.79 Å². The number of carboxylic acid groups (broad SMARTS) is 1. The molecule has 0 aromatic heterocycles. The summed E-state index contributed by atoms with van der Waals surface area (Å²) in [6, 6.07) is 0. The predicted octanol–water partition coefficient (Wildman–Crippen LogP) is 1.98. The molecule has 0 aliphatic heterocycles. The van der Waals surface area contributed by atoms with Crippen LogP contribution in [0.3, 0.4) is 0 Å². The summed E-state index contributed by atoms with van der Waals surface area (Å²) in [6.45, 7) is 5.03. The van der Waals surface area contributed by atoms with Gasteiger partial charge in [0.15, 0.2) is 0 Å². The molecular weight excluding hydrogens is 220 g/mol. The van der Waals surface area contributed by atoms with Crippen molar-refractivity contribution in [3.63, 3.8) is 0 Å². The zero-order chi connectivity index (χ0) is 13.1. The minimum atomic E-state index is -0.957. The van der Waals surface area contributed by atoms with Crippen LogP contribution in [0.4, 0.5) is 4.79 Å². The summed E-state index contributed by atoms with van der Waals surface area (Å²) in [4.78, 5) is 21.3. The lowest BCUT2D eigenvalue weighted by molar-refractivity contribution is -0.123. The van der Waals surface area contributed by atoms with Gasteiger partial charge in [-0.15, -0.1) is 0 Å². The Morgan fingerprint density at radius 2 is 1.41 bits per heavy atom. The monoisotopic (exact) mass is 244 g/mol. The molecule has 0 aliphatic rings. The van der Waals surface area contributed by atoms with E-state index < -0.39 is 6.09 Å². The van der Waals surface area contributed by atoms with E-state index in [0.29, 0.717) is 6.54 Å². The average molecular weight is 244 g/mol. The second kappa shape index (κ2) is 9.93. The zero-order valence-electron chi connectivity index (χ0n) is 10.8. The molecule has 0 unspecified atom stereocenters. The van der Waals surface area contributed by atoms with Crippen LogP contribution in [0.1, 0.15) is 46.0 Å². The molecule has 0 bridgehead atoms. The van der Waals surface area contributed by atoms with E-state index in [1.54, 1.807) is 0 Å². The molecule has 0 atom stereocenters. The molecule has 17 heavy (non-hydrogen) atoms. The van der Waals surface area contributed by atoms with Crippen molar-refractivity contribution in [2.24, 2.45) is 5.92 Å². The number of hydrogen-bond donors (Lipinski definition) is 3. The molecule has 0 aromatic rings. The first-order chi connectivity index (χ1) is 8.04. The number of carbonyl (C=O) groups excluding carboxylic acids is 1. The van der Waals surface area contributed by atoms with Crippen molar-refractivity contribution in [1.82, 2.24) is 10.6 Å². The van der Waals surface area contributed by atoms with Crippen LogP contribution in [0, 0.1) is 5.92 Å². The van der Waals surface area contributed by atoms with Crippen molar-refractivity contribution in [2.75, 3.05) is 13.1 Å². The third-order valence-electron chi connectivity index (χ3n) is 2.45. The smallest absolute Gasteiger partial charge is 0.404 e. The van der Waals surface area contributed by atoms with Crippen molar-refractivity contribution in [3.8, 4) is 0 Å². The van der Waals surface area contributed by atoms with Gasteiger partial charge in [0.25, 0.3) is 0 Å². The van der Waals surface area contributed by atoms with E-state index in [1.807, 2.05) is 13.8 Å². The predicted molar refractivity (Wildman–Crippen MR) is 67.0 cm³/mol. The number of rotatable bonds is 9. The standard InChI is InChI=1S/C12H24N2O3/c1-10(2)11(15)13-8-6-4-3-5-7-9-14-12(16)17/h10,14H,3-9H2,1-2H3,(H,13,15)(H,16,17). The van der Waals surface area contributed by atoms with Gasteiger partial charge < -0.3 is 15.7 Å². The molecule has 0 aliphatic carbocycles. The Morgan fingerprint density at radius 3 is 1.88 bits per heavy atom. The second-order valence-electron chi connectivity index (χ2n) is 4.45. The summed E-state index contributed by atoms with van der Waals surface area (Å²) in [5.74, 6) is 0.160. The first kappa shape index (κ1) is 15.7. The fraction of sp³-hybridized carbons (Fsp3) is 0.833. The molecule has 2 amide bonds. The summed E-state index contributed by atoms with van der Waals surface area (Å²) in [5, 5.41) is 13.5. The van der Waals surface area contributed by atoms with E-state index in [4.69, 9.17) is 5.11 Å². The SMILES string of the molecule is CC(C)C(=O)NCCCCCCCNC(=O)O. The van der Waals surface area contributed by atoms with Crippen molar-refractivity contribution < 1.29 is 14.7 Å². The molecule has 5 heteroatoms. The van der Waals surface area contributed by atoms with E-state index in [1.165, 1.54) is 0 Å². The molecule has 0 saturated heterocycles. The molecule has 0 rings (SSSR count). The quantitative estimate of drug-likeness (QED) is 0.543. The maximum absolute atomic E-state index is 11.2. The molecule has 0 fully saturated rings. The first-order valence-electron chi connectivity index (χ1n) is 6.28. The van der Waals surface area contributed by atoms with Gasteiger partial charge in [-0.05, 0) is 12.8 Å². The topological polar surface area (TPSA) is 78.4 Å². The van der Waals surface area contributed by atoms with Gasteiger partial charge >= 0.3 is 6.09 Å². The van der Waals surface area contributed by atoms with Crippen molar-refractivity contribution in [1.29, 1.82) is 0 Å². The zero-order valence-corrected chi connectivity index (χ0v) is 10.8. The summed E-state index contributed by atoms with van der Waals surface area (Å²) in [6.07, 6.45) is 4.10. The molecule has 0 spiro atoms. The summed E-state index contributed by atoms with van der Waals surface area (Å²) >= 11 is 0. The van der Waals surface area contributed by atoms with Crippen LogP contribution in [0.15, 0.2) is 0 Å². The van der Waals surface area contributed by atoms with Crippen LogP contribution in [-0.2, 0) is 4.79 Å². The Labute approximate surface area is 103 Å². The molecule has 0 aromatic carbocycles. The maximum atomic E-state index is 11.2. The number of carbonyl (C=O) groups is 2. The van der Waals surface area contributed by atoms with Gasteiger partial charge in [-0.2, -0.15) is 0 Å². The number of unbranched alkanes of at least 4 members (excludes halogenated alkanes) is 4. The van der Waals surface area contributed by atoms with Crippen LogP contribution in [0.2, 0.25) is 0 Å². The van der Waals surface area contributed by atoms with Gasteiger partial charge in [0, 0.05) is 19.0 Å². The van der Waals surface area contributed by atoms with Crippen LogP contribution in [-0.4, -0.2) is 30.2 Å². The van der Waals surface area contributed by atoms with Gasteiger partial charge in [0.1, 0.15) is 0 Å². The molecular formula is C12H24N2O3. The minimum absolute atomic E-state index is 0.0529. The summed E-state index contributed by atoms with van der Waals surface area (Å²) in [5.41, 5.74) is 0. The van der Waals surface area contributed by atoms with Crippen molar-refractivity contribution >= 4 is 12.0 Å². The number of amides is 2. The Balaban J connectivity index is 3.14. The Hall–Kier alpha value is -1.26. The molecule has 5 nitrogen and oxygen atoms in total. The van der Waals surface area contributed by atoms with Gasteiger partial charge in [-0.3, -0.25) is 4.79 Å². The third kappa shape index (κ3) is 11.0. The molecule has 0 radical (unpaired) electrons. The molecule has 0 heterocycles. The van der Waals surface area contributed by atoms with Gasteiger partial charge in [0.2, 0.25) is 5.91 Å². The van der Waals surface area contributed by atoms with Crippen LogP contribution < -0.4 is 10.6 Å². The van der Waals surface area contributed by atoms with E-state index in [0.717, 1.165) is 38.6 Å². The average Bonchev–Trinajstić information content (AvgIpc) is 2.25. The fourth-order valence-electron chi connectivity index (χ4n) is 1.39. The van der Waals surface area contributed by atoms with E-state index in [9.17, 15) is 9.59 Å². The van der Waals surface area contributed by atoms with Crippen molar-refractivity contribution in [2.45, 2.75) is 46.0 Å². The lowest BCUT2D eigenvalue weighted by Gasteiger charge is -2.07. The van der Waals surface area contributed by atoms with E-state index in [2.05, 4.69) is 10.6 Å². The highest BCUT2D eigenvalue weighted by Crippen LogP contribution is 2.02. The molecule has 0 saturated carbocycles. The second-order valence-corrected chi connectivity index (χ2v) is 4.45. The largest absolute Gasteiger partial charge is 0.465 e. The maximum Gasteiger partial charge on any atom is 0.404 e. The van der Waals surface area contributed by atoms with Crippen LogP contribution in [0.5, 0.6) is 0 Å². The minimum Gasteiger partial charge on any atom is -0.465 e. The van der Waals surface area contributed by atoms with Crippen LogP contribution >= 0.6 is 0 Å². The third-order valence-corrected chi connectivity index (χ3v) is 2.45. The normalized spacial score (nSPS) is 10.3. The van der Waals surface area contributed by atoms with Gasteiger partial charge in [0.05, 0.1) is 0 Å². The number of nitrogens with one attached hydrogen (secondary N) is 2. The summed E-state index contributed by atoms with van der Waals surface area (Å²) < 4.78 is 0. The summed E-state index contributed by atoms with van der Waals surface area (Å²) in [7, 11) is 0. The Morgan fingerprint density at radius 1 is 0.941 bits per heavy atom. The number of hydrogen-bond acceptors (Lipinski definition) is 2. The van der Waals surface area contributed by atoms with Crippen molar-refractivity contribution in [3.05, 3.63) is 0 Å². The molecule has 3 N–H and O–H groups in total. The lowest BCUT2D eigenvalue weighted by atomic mass is 10.1. The highest BCUT2D eigenvalue weighted by atomic mass is 16.4. The highest BCUT2D eigenvalue weighted by Gasteiger charge is 2.04. The fourth-order valence-corrected chi connectivity index (χ4v) is 1.39. The lowest BCUT2D eigenvalue weighted by Crippen LogP contribution is -2.28. The van der Waals surface area contributed by atoms with Gasteiger partial charge in [-0.1, -0.05) is 33.1 Å².